The summed E-state index contributed by atoms with van der Waals surface area (Å²) in [5.74, 6) is 0. The maximum absolute atomic E-state index is 2.30. The van der Waals surface area contributed by atoms with Gasteiger partial charge in [0.15, 0.2) is 0 Å². The monoisotopic (exact) mass is 420 g/mol. The van der Waals surface area contributed by atoms with E-state index in [4.69, 9.17) is 0 Å². The van der Waals surface area contributed by atoms with Crippen LogP contribution in [0.5, 0.6) is 0 Å². The van der Waals surface area contributed by atoms with Crippen LogP contribution >= 0.6 is 24.8 Å². The fourth-order valence-electron chi connectivity index (χ4n) is 2.44. The topological polar surface area (TPSA) is 0 Å². The Bertz CT molecular complexity index is 118. The Balaban J connectivity index is -0.00000128. The third-order valence-corrected chi connectivity index (χ3v) is 9.42. The van der Waals surface area contributed by atoms with Gasteiger partial charge in [0.25, 0.3) is 0 Å². The van der Waals surface area contributed by atoms with E-state index < -0.39 is 0 Å². The first-order chi connectivity index (χ1) is 8.41. The molecule has 0 aliphatic heterocycles. The van der Waals surface area contributed by atoms with E-state index in [9.17, 15) is 0 Å². The van der Waals surface area contributed by atoms with Crippen molar-refractivity contribution in [1.29, 1.82) is 0 Å². The van der Waals surface area contributed by atoms with Crippen LogP contribution in [0.1, 0.15) is 90.9 Å². The molecular weight excluding hydrogens is 382 g/mol. The van der Waals surface area contributed by atoms with E-state index in [0.29, 0.717) is 0 Å². The summed E-state index contributed by atoms with van der Waals surface area (Å²) in [6.07, 6.45) is 17.9. The van der Waals surface area contributed by atoms with E-state index in [-0.39, 0.29) is 46.0 Å². The summed E-state index contributed by atoms with van der Waals surface area (Å²) in [5.41, 5.74) is 0. The summed E-state index contributed by atoms with van der Waals surface area (Å²) in [4.78, 5) is 0. The van der Waals surface area contributed by atoms with Gasteiger partial charge in [0.2, 0.25) is 0 Å². The number of hydrogen-bond donors (Lipinski definition) is 0. The molecule has 0 saturated heterocycles. The van der Waals surface area contributed by atoms with Crippen LogP contribution in [0, 0.1) is 0 Å². The van der Waals surface area contributed by atoms with Crippen molar-refractivity contribution in [2.75, 3.05) is 0 Å². The van der Waals surface area contributed by atoms with Gasteiger partial charge in [-0.05, 0) is 0 Å². The van der Waals surface area contributed by atoms with Crippen LogP contribution in [-0.4, -0.2) is 21.1 Å². The molecule has 120 valence electrons. The van der Waals surface area contributed by atoms with Gasteiger partial charge in [-0.3, -0.25) is 0 Å². The van der Waals surface area contributed by atoms with Crippen molar-refractivity contribution in [3.05, 3.63) is 0 Å². The predicted molar refractivity (Wildman–Crippen MR) is 99.4 cm³/mol. The molecule has 0 unspecified atom stereocenters. The summed E-state index contributed by atoms with van der Waals surface area (Å²) in [6.45, 7) is 4.61. The largest absolute Gasteiger partial charge is 0.147 e. The van der Waals surface area contributed by atoms with Crippen molar-refractivity contribution >= 4 is 46.0 Å². The number of rotatable bonds is 14. The van der Waals surface area contributed by atoms with Crippen LogP contribution in [0.15, 0.2) is 0 Å². The summed E-state index contributed by atoms with van der Waals surface area (Å²) in [7, 11) is 0. The van der Waals surface area contributed by atoms with E-state index in [1.807, 2.05) is 0 Å². The summed E-state index contributed by atoms with van der Waals surface area (Å²) in [6, 6.07) is 0. The minimum Gasteiger partial charge on any atom is -0.147 e. The Hall–Kier alpha value is 1.38. The Morgan fingerprint density at radius 3 is 1.16 bits per heavy atom. The zero-order valence-corrected chi connectivity index (χ0v) is 19.1. The summed E-state index contributed by atoms with van der Waals surface area (Å²) >= 11 is -0.259. The number of hydrogen-bond acceptors (Lipinski definition) is 0. The van der Waals surface area contributed by atoms with Crippen molar-refractivity contribution in [2.45, 2.75) is 99.8 Å². The first-order valence-corrected chi connectivity index (χ1v) is 14.1. The molecule has 0 spiro atoms. The van der Waals surface area contributed by atoms with Gasteiger partial charge < -0.3 is 0 Å². The predicted octanol–water partition coefficient (Wildman–Crippen LogP) is 6.56. The molecule has 0 aliphatic carbocycles. The van der Waals surface area contributed by atoms with E-state index in [0.717, 1.165) is 0 Å². The first-order valence-electron chi connectivity index (χ1n) is 8.41. The van der Waals surface area contributed by atoms with Gasteiger partial charge in [0, 0.05) is 0 Å². The van der Waals surface area contributed by atoms with Crippen LogP contribution < -0.4 is 0 Å². The van der Waals surface area contributed by atoms with Crippen LogP contribution in [0.25, 0.3) is 0 Å². The molecule has 0 rings (SSSR count). The molecule has 0 N–H and O–H groups in total. The standard InChI is InChI=1S/2C8H17.2ClH.Sn.2H/c2*1-3-5-7-8-6-4-2;;;;;/h2*1,3-8H2,2H3;2*1H;;;. The van der Waals surface area contributed by atoms with Crippen molar-refractivity contribution in [1.82, 2.24) is 0 Å². The van der Waals surface area contributed by atoms with Crippen molar-refractivity contribution < 1.29 is 0 Å². The van der Waals surface area contributed by atoms with Crippen molar-refractivity contribution in [3.63, 3.8) is 0 Å². The van der Waals surface area contributed by atoms with Gasteiger partial charge in [0.05, 0.1) is 0 Å². The third kappa shape index (κ3) is 24.7. The fourth-order valence-corrected chi connectivity index (χ4v) is 7.49. The van der Waals surface area contributed by atoms with Crippen LogP contribution in [0.3, 0.4) is 0 Å². The maximum atomic E-state index is 2.30. The molecule has 0 aromatic rings. The first kappa shape index (κ1) is 25.3. The number of halogens is 2. The van der Waals surface area contributed by atoms with E-state index in [1.54, 1.807) is 21.7 Å². The quantitative estimate of drug-likeness (QED) is 0.221. The fraction of sp³-hybridized carbons (Fsp3) is 1.00. The summed E-state index contributed by atoms with van der Waals surface area (Å²) < 4.78 is 3.39. The van der Waals surface area contributed by atoms with E-state index in [1.165, 1.54) is 64.2 Å². The average Bonchev–Trinajstić information content (AvgIpc) is 2.35. The van der Waals surface area contributed by atoms with Gasteiger partial charge in [0.1, 0.15) is 0 Å². The molecule has 0 saturated carbocycles. The molecule has 0 heterocycles. The van der Waals surface area contributed by atoms with Crippen LogP contribution in [-0.2, 0) is 0 Å². The van der Waals surface area contributed by atoms with E-state index >= 15 is 0 Å². The van der Waals surface area contributed by atoms with Crippen molar-refractivity contribution in [2.24, 2.45) is 0 Å². The Labute approximate surface area is 145 Å². The minimum absolute atomic E-state index is 0. The third-order valence-electron chi connectivity index (χ3n) is 3.71. The van der Waals surface area contributed by atoms with Crippen molar-refractivity contribution in [3.8, 4) is 0 Å². The molecule has 0 nitrogen and oxygen atoms in total. The minimum atomic E-state index is -0.259. The van der Waals surface area contributed by atoms with Gasteiger partial charge in [-0.25, -0.2) is 0 Å². The molecule has 0 amide bonds. The molecule has 0 aromatic carbocycles. The van der Waals surface area contributed by atoms with Gasteiger partial charge >= 0.3 is 121 Å². The normalized spacial score (nSPS) is 9.79. The molecule has 0 radical (unpaired) electrons. The smallest absolute Gasteiger partial charge is 0.147 e. The molecule has 0 aliphatic rings. The second-order valence-corrected chi connectivity index (χ2v) is 11.7. The second-order valence-electron chi connectivity index (χ2n) is 5.60. The van der Waals surface area contributed by atoms with Gasteiger partial charge in [-0.2, -0.15) is 0 Å². The SMILES string of the molecule is CCCCCCC[CH2][SnH2][CH2]CCCCCCC.Cl.Cl. The molecule has 0 fully saturated rings. The van der Waals surface area contributed by atoms with E-state index in [2.05, 4.69) is 13.8 Å². The number of unbranched alkanes of at least 4 members (excludes halogenated alkanes) is 10. The Morgan fingerprint density at radius 2 is 0.789 bits per heavy atom. The molecule has 3 heteroatoms. The Kier molecular flexibility index (Phi) is 32.5. The zero-order chi connectivity index (χ0) is 12.6. The summed E-state index contributed by atoms with van der Waals surface area (Å²) in [5, 5.41) is 0. The van der Waals surface area contributed by atoms with Crippen LogP contribution in [0.2, 0.25) is 8.87 Å². The molecule has 19 heavy (non-hydrogen) atoms. The maximum Gasteiger partial charge on any atom is -0.147 e. The molecular formula is C16H38Cl2Sn. The van der Waals surface area contributed by atoms with Crippen LogP contribution in [0.4, 0.5) is 0 Å². The second kappa shape index (κ2) is 24.4. The molecule has 0 aromatic heterocycles. The Morgan fingerprint density at radius 1 is 0.474 bits per heavy atom. The molecule has 0 bridgehead atoms. The molecule has 0 atom stereocenters. The van der Waals surface area contributed by atoms with Gasteiger partial charge in [-0.1, -0.05) is 0 Å². The van der Waals surface area contributed by atoms with Gasteiger partial charge in [-0.15, -0.1) is 24.8 Å². The average molecular weight is 420 g/mol. The zero-order valence-electron chi connectivity index (χ0n) is 13.4.